The molecule has 0 aliphatic heterocycles. The van der Waals surface area contributed by atoms with Crippen molar-refractivity contribution < 1.29 is 13.2 Å². The largest absolute Gasteiger partial charge is 0.401 e. The van der Waals surface area contributed by atoms with Gasteiger partial charge in [-0.2, -0.15) is 13.2 Å². The summed E-state index contributed by atoms with van der Waals surface area (Å²) in [5.41, 5.74) is 6.41. The molecule has 92 valence electrons. The summed E-state index contributed by atoms with van der Waals surface area (Å²) in [5.74, 6) is 0. The maximum absolute atomic E-state index is 12.1. The Morgan fingerprint density at radius 1 is 1.44 bits per heavy atom. The molecule has 0 saturated carbocycles. The first kappa shape index (κ1) is 13.5. The molecule has 1 rings (SSSR count). The van der Waals surface area contributed by atoms with Gasteiger partial charge in [-0.3, -0.25) is 4.90 Å². The zero-order chi connectivity index (χ0) is 12.3. The van der Waals surface area contributed by atoms with Gasteiger partial charge in [-0.05, 0) is 25.6 Å². The number of alkyl halides is 3. The molecule has 2 N–H and O–H groups in total. The molecule has 0 aromatic carbocycles. The van der Waals surface area contributed by atoms with Gasteiger partial charge >= 0.3 is 6.18 Å². The van der Waals surface area contributed by atoms with E-state index < -0.39 is 12.7 Å². The average molecular weight is 252 g/mol. The van der Waals surface area contributed by atoms with Crippen molar-refractivity contribution in [2.75, 3.05) is 13.6 Å². The molecule has 0 amide bonds. The number of nitrogens with zero attached hydrogens (tertiary/aromatic N) is 1. The van der Waals surface area contributed by atoms with Crippen LogP contribution in [0.3, 0.4) is 0 Å². The van der Waals surface area contributed by atoms with Gasteiger partial charge in [0.25, 0.3) is 0 Å². The minimum Gasteiger partial charge on any atom is -0.326 e. The molecule has 0 bridgehead atoms. The number of nitrogens with two attached hydrogens (primary N) is 1. The van der Waals surface area contributed by atoms with Gasteiger partial charge in [-0.25, -0.2) is 0 Å². The van der Waals surface area contributed by atoms with Gasteiger partial charge in [0.2, 0.25) is 0 Å². The van der Waals surface area contributed by atoms with E-state index in [2.05, 4.69) is 0 Å². The maximum Gasteiger partial charge on any atom is 0.401 e. The summed E-state index contributed by atoms with van der Waals surface area (Å²) in [6, 6.07) is 1.88. The van der Waals surface area contributed by atoms with E-state index in [1.54, 1.807) is 11.3 Å². The van der Waals surface area contributed by atoms with Crippen molar-refractivity contribution in [3.05, 3.63) is 21.4 Å². The fraction of sp³-hybridized carbons (Fsp3) is 0.600. The topological polar surface area (TPSA) is 29.3 Å². The van der Waals surface area contributed by atoms with Gasteiger partial charge in [-0.15, -0.1) is 11.3 Å². The van der Waals surface area contributed by atoms with Gasteiger partial charge < -0.3 is 5.73 Å². The summed E-state index contributed by atoms with van der Waals surface area (Å²) in [4.78, 5) is 3.30. The second kappa shape index (κ2) is 5.16. The number of rotatable bonds is 4. The summed E-state index contributed by atoms with van der Waals surface area (Å²) in [6.45, 7) is 1.76. The maximum atomic E-state index is 12.1. The van der Waals surface area contributed by atoms with Crippen molar-refractivity contribution in [3.8, 4) is 0 Å². The lowest BCUT2D eigenvalue weighted by Gasteiger charge is -2.18. The Hall–Kier alpha value is -0.590. The second-order valence-corrected chi connectivity index (χ2v) is 5.13. The lowest BCUT2D eigenvalue weighted by molar-refractivity contribution is -0.144. The van der Waals surface area contributed by atoms with Crippen molar-refractivity contribution in [2.45, 2.75) is 26.2 Å². The Balaban J connectivity index is 2.62. The molecule has 1 heterocycles. The molecule has 6 heteroatoms. The summed E-state index contributed by atoms with van der Waals surface area (Å²) in [7, 11) is 1.46. The summed E-state index contributed by atoms with van der Waals surface area (Å²) in [5, 5.41) is 0. The van der Waals surface area contributed by atoms with Crippen LogP contribution in [0.5, 0.6) is 0 Å². The van der Waals surface area contributed by atoms with E-state index in [1.807, 2.05) is 13.0 Å². The van der Waals surface area contributed by atoms with E-state index in [9.17, 15) is 13.2 Å². The number of hydrogen-bond donors (Lipinski definition) is 1. The van der Waals surface area contributed by atoms with Crippen molar-refractivity contribution in [1.82, 2.24) is 4.90 Å². The Morgan fingerprint density at radius 3 is 2.50 bits per heavy atom. The minimum absolute atomic E-state index is 0.307. The molecular weight excluding hydrogens is 237 g/mol. The Labute approximate surface area is 96.9 Å². The summed E-state index contributed by atoms with van der Waals surface area (Å²) in [6.07, 6.45) is -4.14. The Kier molecular flexibility index (Phi) is 4.35. The van der Waals surface area contributed by atoms with E-state index in [4.69, 9.17) is 5.73 Å². The number of aryl methyl sites for hydroxylation is 1. The van der Waals surface area contributed by atoms with E-state index in [-0.39, 0.29) is 0 Å². The summed E-state index contributed by atoms with van der Waals surface area (Å²) < 4.78 is 36.4. The van der Waals surface area contributed by atoms with Crippen LogP contribution in [0, 0.1) is 6.92 Å². The zero-order valence-corrected chi connectivity index (χ0v) is 10.1. The first-order valence-electron chi connectivity index (χ1n) is 4.85. The van der Waals surface area contributed by atoms with Crippen LogP contribution in [-0.4, -0.2) is 24.7 Å². The van der Waals surface area contributed by atoms with Gasteiger partial charge in [0.15, 0.2) is 0 Å². The third-order valence-electron chi connectivity index (χ3n) is 2.16. The molecule has 0 spiro atoms. The predicted molar refractivity (Wildman–Crippen MR) is 59.3 cm³/mol. The number of halogens is 3. The highest BCUT2D eigenvalue weighted by Crippen LogP contribution is 2.23. The minimum atomic E-state index is -4.14. The second-order valence-electron chi connectivity index (χ2n) is 3.79. The standard InChI is InChI=1S/C10H15F3N2S/c1-7-8(3-9(4-14)16-7)5-15(2)6-10(11,12)13/h3H,4-6,14H2,1-2H3. The first-order chi connectivity index (χ1) is 7.31. The molecule has 0 aliphatic carbocycles. The SMILES string of the molecule is Cc1sc(CN)cc1CN(C)CC(F)(F)F. The molecule has 0 unspecified atom stereocenters. The van der Waals surface area contributed by atoms with Crippen LogP contribution >= 0.6 is 11.3 Å². The lowest BCUT2D eigenvalue weighted by Crippen LogP contribution is -2.30. The highest BCUT2D eigenvalue weighted by atomic mass is 32.1. The third-order valence-corrected chi connectivity index (χ3v) is 3.28. The van der Waals surface area contributed by atoms with Gasteiger partial charge in [0.05, 0.1) is 6.54 Å². The van der Waals surface area contributed by atoms with Crippen LogP contribution in [0.2, 0.25) is 0 Å². The fourth-order valence-corrected chi connectivity index (χ4v) is 2.43. The van der Waals surface area contributed by atoms with Crippen LogP contribution in [0.15, 0.2) is 6.07 Å². The molecular formula is C10H15F3N2S. The molecule has 0 radical (unpaired) electrons. The highest BCUT2D eigenvalue weighted by Gasteiger charge is 2.29. The quantitative estimate of drug-likeness (QED) is 0.892. The van der Waals surface area contributed by atoms with E-state index in [0.29, 0.717) is 13.1 Å². The smallest absolute Gasteiger partial charge is 0.326 e. The lowest BCUT2D eigenvalue weighted by atomic mass is 10.2. The van der Waals surface area contributed by atoms with Crippen molar-refractivity contribution >= 4 is 11.3 Å². The molecule has 0 atom stereocenters. The predicted octanol–water partition coefficient (Wildman–Crippen LogP) is 2.51. The zero-order valence-electron chi connectivity index (χ0n) is 9.27. The molecule has 2 nitrogen and oxygen atoms in total. The first-order valence-corrected chi connectivity index (χ1v) is 5.67. The molecule has 0 fully saturated rings. The number of thiophene rings is 1. The van der Waals surface area contributed by atoms with E-state index in [1.165, 1.54) is 11.9 Å². The Morgan fingerprint density at radius 2 is 2.06 bits per heavy atom. The van der Waals surface area contributed by atoms with Crippen LogP contribution < -0.4 is 5.73 Å². The van der Waals surface area contributed by atoms with Crippen LogP contribution in [0.1, 0.15) is 15.3 Å². The molecule has 1 aromatic rings. The number of hydrogen-bond acceptors (Lipinski definition) is 3. The van der Waals surface area contributed by atoms with Gasteiger partial charge in [0, 0.05) is 22.8 Å². The van der Waals surface area contributed by atoms with E-state index in [0.717, 1.165) is 15.3 Å². The van der Waals surface area contributed by atoms with Crippen LogP contribution in [0.4, 0.5) is 13.2 Å². The van der Waals surface area contributed by atoms with Crippen molar-refractivity contribution in [1.29, 1.82) is 0 Å². The van der Waals surface area contributed by atoms with Crippen molar-refractivity contribution in [3.63, 3.8) is 0 Å². The Bertz CT molecular complexity index is 346. The van der Waals surface area contributed by atoms with Crippen LogP contribution in [-0.2, 0) is 13.1 Å². The van der Waals surface area contributed by atoms with Crippen molar-refractivity contribution in [2.24, 2.45) is 5.73 Å². The molecule has 0 saturated heterocycles. The monoisotopic (exact) mass is 252 g/mol. The summed E-state index contributed by atoms with van der Waals surface area (Å²) >= 11 is 1.54. The molecule has 0 aliphatic rings. The van der Waals surface area contributed by atoms with E-state index >= 15 is 0 Å². The highest BCUT2D eigenvalue weighted by molar-refractivity contribution is 7.12. The van der Waals surface area contributed by atoms with Crippen LogP contribution in [0.25, 0.3) is 0 Å². The average Bonchev–Trinajstić information content (AvgIpc) is 2.44. The fourth-order valence-electron chi connectivity index (χ4n) is 1.50. The van der Waals surface area contributed by atoms with Gasteiger partial charge in [0.1, 0.15) is 0 Å². The third kappa shape index (κ3) is 4.11. The molecule has 1 aromatic heterocycles. The van der Waals surface area contributed by atoms with Gasteiger partial charge in [-0.1, -0.05) is 0 Å². The normalized spacial score (nSPS) is 12.4. The molecule has 16 heavy (non-hydrogen) atoms.